The number of nitrogens with two attached hydrogens (primary N) is 1. The summed E-state index contributed by atoms with van der Waals surface area (Å²) in [4.78, 5) is 21.4. The SMILES string of the molecule is Cc1cc(NC(=O)c2c(C(F)(F)F)c(C3CC3)nn2CC2CC(F)(F)C2)ccc1F.NC=O. The van der Waals surface area contributed by atoms with Gasteiger partial charge in [-0.2, -0.15) is 18.3 Å². The molecular formula is C21H22F6N4O2. The van der Waals surface area contributed by atoms with E-state index in [2.05, 4.69) is 16.1 Å². The Bertz CT molecular complexity index is 1040. The van der Waals surface area contributed by atoms with Crippen molar-refractivity contribution in [1.82, 2.24) is 9.78 Å². The number of aromatic nitrogens is 2. The van der Waals surface area contributed by atoms with Crippen LogP contribution in [-0.2, 0) is 17.5 Å². The molecular weight excluding hydrogens is 454 g/mol. The van der Waals surface area contributed by atoms with Crippen molar-refractivity contribution in [3.8, 4) is 0 Å². The lowest BCUT2D eigenvalue weighted by atomic mass is 9.81. The van der Waals surface area contributed by atoms with Gasteiger partial charge in [-0.25, -0.2) is 13.2 Å². The highest BCUT2D eigenvalue weighted by Crippen LogP contribution is 2.48. The van der Waals surface area contributed by atoms with Crippen LogP contribution < -0.4 is 11.1 Å². The zero-order chi connectivity index (χ0) is 24.6. The molecule has 12 heteroatoms. The largest absolute Gasteiger partial charge is 0.420 e. The number of hydrogen-bond donors (Lipinski definition) is 2. The third kappa shape index (κ3) is 5.66. The Labute approximate surface area is 185 Å². The summed E-state index contributed by atoms with van der Waals surface area (Å²) in [5, 5.41) is 6.40. The van der Waals surface area contributed by atoms with E-state index in [9.17, 15) is 31.1 Å². The Kier molecular flexibility index (Phi) is 6.75. The van der Waals surface area contributed by atoms with Crippen molar-refractivity contribution in [3.63, 3.8) is 0 Å². The van der Waals surface area contributed by atoms with Gasteiger partial charge >= 0.3 is 6.18 Å². The first-order valence-electron chi connectivity index (χ1n) is 10.1. The first kappa shape index (κ1) is 24.6. The molecule has 2 aromatic rings. The minimum absolute atomic E-state index is 0.128. The molecule has 2 aliphatic carbocycles. The number of nitrogens with zero attached hydrogens (tertiary/aromatic N) is 2. The van der Waals surface area contributed by atoms with Crippen LogP contribution in [0.15, 0.2) is 18.2 Å². The number of benzene rings is 1. The predicted molar refractivity (Wildman–Crippen MR) is 106 cm³/mol. The number of primary amides is 1. The zero-order valence-electron chi connectivity index (χ0n) is 17.6. The van der Waals surface area contributed by atoms with Gasteiger partial charge in [0.2, 0.25) is 12.3 Å². The minimum atomic E-state index is -4.83. The number of carbonyl (C=O) groups excluding carboxylic acids is 2. The second-order valence-corrected chi connectivity index (χ2v) is 8.25. The van der Waals surface area contributed by atoms with Crippen molar-refractivity contribution >= 4 is 18.0 Å². The standard InChI is InChI=1S/C20H19F6N3O.CH3NO/c1-10-6-13(4-5-14(10)21)27-18(30)17-15(20(24,25)26)16(12-2-3-12)28-29(17)9-11-7-19(22,23)8-11;2-1-3/h4-6,11-12H,2-3,7-9H2,1H3,(H,27,30);1H,(H2,2,3). The number of anilines is 1. The molecule has 1 heterocycles. The maximum absolute atomic E-state index is 13.9. The first-order valence-corrected chi connectivity index (χ1v) is 10.1. The van der Waals surface area contributed by atoms with Crippen LogP contribution in [0.2, 0.25) is 0 Å². The molecule has 0 atom stereocenters. The number of nitrogens with one attached hydrogen (secondary N) is 1. The number of rotatable bonds is 5. The second kappa shape index (κ2) is 9.06. The van der Waals surface area contributed by atoms with Gasteiger partial charge in [0, 0.05) is 31.0 Å². The van der Waals surface area contributed by atoms with Crippen LogP contribution in [0.1, 0.15) is 58.9 Å². The van der Waals surface area contributed by atoms with E-state index in [1.807, 2.05) is 0 Å². The van der Waals surface area contributed by atoms with Crippen LogP contribution in [0.5, 0.6) is 0 Å². The fraction of sp³-hybridized carbons (Fsp3) is 0.476. The molecule has 1 aromatic carbocycles. The number of hydrogen-bond acceptors (Lipinski definition) is 3. The molecule has 33 heavy (non-hydrogen) atoms. The van der Waals surface area contributed by atoms with E-state index in [4.69, 9.17) is 4.79 Å². The maximum atomic E-state index is 13.9. The van der Waals surface area contributed by atoms with Gasteiger partial charge in [0.25, 0.3) is 5.91 Å². The maximum Gasteiger partial charge on any atom is 0.420 e. The third-order valence-electron chi connectivity index (χ3n) is 5.46. The van der Waals surface area contributed by atoms with Crippen molar-refractivity contribution in [1.29, 1.82) is 0 Å². The molecule has 180 valence electrons. The van der Waals surface area contributed by atoms with Gasteiger partial charge in [0.1, 0.15) is 17.1 Å². The molecule has 2 fully saturated rings. The van der Waals surface area contributed by atoms with Crippen molar-refractivity contribution in [2.24, 2.45) is 11.7 Å². The molecule has 0 bridgehead atoms. The lowest BCUT2D eigenvalue weighted by Gasteiger charge is -2.35. The molecule has 2 aliphatic rings. The Hall–Kier alpha value is -3.05. The summed E-state index contributed by atoms with van der Waals surface area (Å²) in [6.45, 7) is 1.26. The van der Waals surface area contributed by atoms with E-state index in [1.54, 1.807) is 0 Å². The monoisotopic (exact) mass is 476 g/mol. The molecule has 0 radical (unpaired) electrons. The number of carbonyl (C=O) groups is 2. The Morgan fingerprint density at radius 3 is 2.39 bits per heavy atom. The van der Waals surface area contributed by atoms with Crippen molar-refractivity contribution in [3.05, 3.63) is 46.5 Å². The molecule has 2 amide bonds. The van der Waals surface area contributed by atoms with Crippen molar-refractivity contribution in [2.45, 2.75) is 57.2 Å². The molecule has 0 unspecified atom stereocenters. The van der Waals surface area contributed by atoms with Gasteiger partial charge in [0.15, 0.2) is 0 Å². The van der Waals surface area contributed by atoms with Crippen LogP contribution in [0, 0.1) is 18.7 Å². The van der Waals surface area contributed by atoms with E-state index in [1.165, 1.54) is 19.1 Å². The molecule has 2 saturated carbocycles. The summed E-state index contributed by atoms with van der Waals surface area (Å²) in [5.41, 5.74) is 2.48. The third-order valence-corrected chi connectivity index (χ3v) is 5.46. The van der Waals surface area contributed by atoms with Crippen molar-refractivity contribution in [2.75, 3.05) is 5.32 Å². The fourth-order valence-electron chi connectivity index (χ4n) is 3.84. The number of halogens is 6. The van der Waals surface area contributed by atoms with Crippen LogP contribution in [-0.4, -0.2) is 28.0 Å². The quantitative estimate of drug-likeness (QED) is 0.487. The average molecular weight is 476 g/mol. The van der Waals surface area contributed by atoms with Gasteiger partial charge in [-0.3, -0.25) is 14.3 Å². The highest BCUT2D eigenvalue weighted by Gasteiger charge is 2.49. The Morgan fingerprint density at radius 2 is 1.91 bits per heavy atom. The average Bonchev–Trinajstić information content (AvgIpc) is 3.44. The lowest BCUT2D eigenvalue weighted by Crippen LogP contribution is -2.38. The highest BCUT2D eigenvalue weighted by molar-refractivity contribution is 6.04. The summed E-state index contributed by atoms with van der Waals surface area (Å²) >= 11 is 0. The van der Waals surface area contributed by atoms with Crippen LogP contribution >= 0.6 is 0 Å². The molecule has 0 saturated heterocycles. The summed E-state index contributed by atoms with van der Waals surface area (Å²) < 4.78 is 82.4. The molecule has 0 aliphatic heterocycles. The van der Waals surface area contributed by atoms with Crippen LogP contribution in [0.3, 0.4) is 0 Å². The second-order valence-electron chi connectivity index (χ2n) is 8.25. The summed E-state index contributed by atoms with van der Waals surface area (Å²) in [7, 11) is 0. The molecule has 4 rings (SSSR count). The topological polar surface area (TPSA) is 90.0 Å². The van der Waals surface area contributed by atoms with Crippen LogP contribution in [0.4, 0.5) is 32.0 Å². The van der Waals surface area contributed by atoms with E-state index in [-0.39, 0.29) is 29.9 Å². The smallest absolute Gasteiger partial charge is 0.372 e. The number of aryl methyl sites for hydroxylation is 1. The predicted octanol–water partition coefficient (Wildman–Crippen LogP) is 4.63. The van der Waals surface area contributed by atoms with Gasteiger partial charge < -0.3 is 11.1 Å². The minimum Gasteiger partial charge on any atom is -0.372 e. The fourth-order valence-corrected chi connectivity index (χ4v) is 3.84. The normalized spacial score (nSPS) is 17.5. The number of amides is 2. The first-order chi connectivity index (χ1) is 15.4. The van der Waals surface area contributed by atoms with Gasteiger partial charge in [-0.15, -0.1) is 0 Å². The van der Waals surface area contributed by atoms with Crippen LogP contribution in [0.25, 0.3) is 0 Å². The van der Waals surface area contributed by atoms with E-state index >= 15 is 0 Å². The van der Waals surface area contributed by atoms with Crippen molar-refractivity contribution < 1.29 is 35.9 Å². The Morgan fingerprint density at radius 1 is 1.30 bits per heavy atom. The molecule has 1 aromatic heterocycles. The molecule has 3 N–H and O–H groups in total. The van der Waals surface area contributed by atoms with Gasteiger partial charge in [-0.05, 0) is 49.4 Å². The lowest BCUT2D eigenvalue weighted by molar-refractivity contribution is -0.138. The number of alkyl halides is 5. The van der Waals surface area contributed by atoms with E-state index in [0.717, 1.165) is 10.7 Å². The zero-order valence-corrected chi connectivity index (χ0v) is 17.6. The summed E-state index contributed by atoms with van der Waals surface area (Å²) in [6.07, 6.45) is -4.43. The van der Waals surface area contributed by atoms with E-state index in [0.29, 0.717) is 12.8 Å². The molecule has 0 spiro atoms. The van der Waals surface area contributed by atoms with Gasteiger partial charge in [0.05, 0.1) is 5.69 Å². The van der Waals surface area contributed by atoms with Gasteiger partial charge in [-0.1, -0.05) is 0 Å². The Balaban J connectivity index is 0.000000968. The van der Waals surface area contributed by atoms with E-state index < -0.39 is 59.8 Å². The highest BCUT2D eigenvalue weighted by atomic mass is 19.4. The molecule has 6 nitrogen and oxygen atoms in total. The summed E-state index contributed by atoms with van der Waals surface area (Å²) in [6, 6.07) is 3.64. The summed E-state index contributed by atoms with van der Waals surface area (Å²) in [5.74, 6) is -5.37.